The van der Waals surface area contributed by atoms with Crippen LogP contribution in [0.15, 0.2) is 12.1 Å². The van der Waals surface area contributed by atoms with Crippen LogP contribution in [0.2, 0.25) is 4.34 Å². The van der Waals surface area contributed by atoms with E-state index < -0.39 is 0 Å². The lowest BCUT2D eigenvalue weighted by Crippen LogP contribution is -2.06. The van der Waals surface area contributed by atoms with Gasteiger partial charge in [0.2, 0.25) is 0 Å². The molecule has 0 amide bonds. The van der Waals surface area contributed by atoms with Crippen molar-refractivity contribution in [2.75, 3.05) is 12.4 Å². The van der Waals surface area contributed by atoms with Gasteiger partial charge in [0.25, 0.3) is 0 Å². The molecule has 3 nitrogen and oxygen atoms in total. The van der Waals surface area contributed by atoms with E-state index >= 15 is 0 Å². The first-order valence-electron chi connectivity index (χ1n) is 6.61. The minimum atomic E-state index is 0.777. The van der Waals surface area contributed by atoms with E-state index in [9.17, 15) is 0 Å². The van der Waals surface area contributed by atoms with E-state index in [1.165, 1.54) is 41.9 Å². The van der Waals surface area contributed by atoms with Crippen molar-refractivity contribution in [3.63, 3.8) is 0 Å². The molecule has 0 saturated heterocycles. The fourth-order valence-electron chi connectivity index (χ4n) is 2.52. The molecule has 1 N–H and O–H groups in total. The van der Waals surface area contributed by atoms with E-state index in [0.29, 0.717) is 0 Å². The van der Waals surface area contributed by atoms with Gasteiger partial charge in [0.15, 0.2) is 5.82 Å². The molecule has 0 radical (unpaired) electrons. The summed E-state index contributed by atoms with van der Waals surface area (Å²) in [7, 11) is 1.93. The van der Waals surface area contributed by atoms with Crippen LogP contribution in [0.3, 0.4) is 0 Å². The SMILES string of the molecule is CNc1nc(-c2ccc(Cl)s2)nc2c1CCCCC2. The van der Waals surface area contributed by atoms with Gasteiger partial charge in [-0.2, -0.15) is 0 Å². The highest BCUT2D eigenvalue weighted by Crippen LogP contribution is 2.32. The standard InChI is InChI=1S/C14H16ClN3S/c1-16-13-9-5-3-2-4-6-10(9)17-14(18-13)11-7-8-12(15)19-11/h7-8H,2-6H2,1H3,(H,16,17,18). The second-order valence-corrected chi connectivity index (χ2v) is 6.45. The number of rotatable bonds is 2. The number of fused-ring (bicyclic) bond motifs is 1. The normalized spacial score (nSPS) is 14.8. The fraction of sp³-hybridized carbons (Fsp3) is 0.429. The third kappa shape index (κ3) is 2.60. The van der Waals surface area contributed by atoms with E-state index in [1.807, 2.05) is 19.2 Å². The van der Waals surface area contributed by atoms with Gasteiger partial charge < -0.3 is 5.32 Å². The zero-order valence-electron chi connectivity index (χ0n) is 10.9. The Hall–Kier alpha value is -1.13. The van der Waals surface area contributed by atoms with Gasteiger partial charge in [-0.25, -0.2) is 9.97 Å². The molecular formula is C14H16ClN3S. The maximum atomic E-state index is 6.00. The van der Waals surface area contributed by atoms with Gasteiger partial charge in [-0.3, -0.25) is 0 Å². The lowest BCUT2D eigenvalue weighted by Gasteiger charge is -2.12. The van der Waals surface area contributed by atoms with Gasteiger partial charge in [-0.15, -0.1) is 11.3 Å². The first-order valence-corrected chi connectivity index (χ1v) is 7.80. The van der Waals surface area contributed by atoms with E-state index in [4.69, 9.17) is 16.6 Å². The molecule has 1 aliphatic rings. The summed E-state index contributed by atoms with van der Waals surface area (Å²) in [5.41, 5.74) is 2.50. The molecular weight excluding hydrogens is 278 g/mol. The van der Waals surface area contributed by atoms with E-state index in [0.717, 1.165) is 33.7 Å². The quantitative estimate of drug-likeness (QED) is 0.845. The average molecular weight is 294 g/mol. The van der Waals surface area contributed by atoms with Crippen molar-refractivity contribution >= 4 is 28.8 Å². The first-order chi connectivity index (χ1) is 9.28. The molecule has 0 unspecified atom stereocenters. The number of thiophene rings is 1. The number of aromatic nitrogens is 2. The van der Waals surface area contributed by atoms with Crippen LogP contribution >= 0.6 is 22.9 Å². The fourth-order valence-corrected chi connectivity index (χ4v) is 3.50. The van der Waals surface area contributed by atoms with Gasteiger partial charge in [0.05, 0.1) is 9.21 Å². The largest absolute Gasteiger partial charge is 0.373 e. The Bertz CT molecular complexity index is 594. The minimum absolute atomic E-state index is 0.777. The lowest BCUT2D eigenvalue weighted by molar-refractivity contribution is 0.709. The summed E-state index contributed by atoms with van der Waals surface area (Å²) < 4.78 is 0.777. The van der Waals surface area contributed by atoms with Crippen molar-refractivity contribution in [2.45, 2.75) is 32.1 Å². The van der Waals surface area contributed by atoms with Crippen molar-refractivity contribution in [1.82, 2.24) is 9.97 Å². The highest BCUT2D eigenvalue weighted by atomic mass is 35.5. The zero-order chi connectivity index (χ0) is 13.2. The van der Waals surface area contributed by atoms with Crippen molar-refractivity contribution in [3.05, 3.63) is 27.7 Å². The summed E-state index contributed by atoms with van der Waals surface area (Å²) in [6, 6.07) is 3.89. The lowest BCUT2D eigenvalue weighted by atomic mass is 10.1. The Kier molecular flexibility index (Phi) is 3.71. The summed E-state index contributed by atoms with van der Waals surface area (Å²) in [5.74, 6) is 1.77. The smallest absolute Gasteiger partial charge is 0.171 e. The van der Waals surface area contributed by atoms with Crippen LogP contribution in [0.4, 0.5) is 5.82 Å². The van der Waals surface area contributed by atoms with Crippen molar-refractivity contribution in [3.8, 4) is 10.7 Å². The zero-order valence-corrected chi connectivity index (χ0v) is 12.4. The van der Waals surface area contributed by atoms with E-state index in [-0.39, 0.29) is 0 Å². The van der Waals surface area contributed by atoms with Crippen molar-refractivity contribution < 1.29 is 0 Å². The van der Waals surface area contributed by atoms with Crippen LogP contribution in [0, 0.1) is 0 Å². The molecule has 1 aliphatic carbocycles. The monoisotopic (exact) mass is 293 g/mol. The number of nitrogens with zero attached hydrogens (tertiary/aromatic N) is 2. The molecule has 0 atom stereocenters. The van der Waals surface area contributed by atoms with E-state index in [1.54, 1.807) is 0 Å². The van der Waals surface area contributed by atoms with Crippen LogP contribution in [-0.2, 0) is 12.8 Å². The molecule has 2 heterocycles. The van der Waals surface area contributed by atoms with Gasteiger partial charge in [-0.05, 0) is 37.8 Å². The van der Waals surface area contributed by atoms with Crippen LogP contribution in [0.25, 0.3) is 10.7 Å². The van der Waals surface area contributed by atoms with Crippen molar-refractivity contribution in [2.24, 2.45) is 0 Å². The molecule has 0 spiro atoms. The Balaban J connectivity index is 2.09. The third-order valence-electron chi connectivity index (χ3n) is 3.46. The molecule has 0 aromatic carbocycles. The molecule has 19 heavy (non-hydrogen) atoms. The topological polar surface area (TPSA) is 37.8 Å². The Morgan fingerprint density at radius 2 is 2.00 bits per heavy atom. The van der Waals surface area contributed by atoms with Gasteiger partial charge in [0, 0.05) is 18.3 Å². The summed E-state index contributed by atoms with van der Waals surface area (Å²) in [6.07, 6.45) is 5.86. The van der Waals surface area contributed by atoms with Gasteiger partial charge in [0.1, 0.15) is 5.82 Å². The second-order valence-electron chi connectivity index (χ2n) is 4.74. The first kappa shape index (κ1) is 12.9. The molecule has 0 saturated carbocycles. The molecule has 0 bridgehead atoms. The maximum absolute atomic E-state index is 6.00. The average Bonchev–Trinajstić information content (AvgIpc) is 2.72. The number of halogens is 1. The molecule has 0 fully saturated rings. The van der Waals surface area contributed by atoms with Gasteiger partial charge in [-0.1, -0.05) is 18.0 Å². The maximum Gasteiger partial charge on any atom is 0.171 e. The number of aryl methyl sites for hydroxylation is 1. The Labute approximate surface area is 122 Å². The molecule has 100 valence electrons. The highest BCUT2D eigenvalue weighted by molar-refractivity contribution is 7.19. The summed E-state index contributed by atoms with van der Waals surface area (Å²) in [4.78, 5) is 10.5. The summed E-state index contributed by atoms with van der Waals surface area (Å²) in [5, 5.41) is 3.22. The Morgan fingerprint density at radius 3 is 2.74 bits per heavy atom. The van der Waals surface area contributed by atoms with Gasteiger partial charge >= 0.3 is 0 Å². The number of hydrogen-bond donors (Lipinski definition) is 1. The van der Waals surface area contributed by atoms with E-state index in [2.05, 4.69) is 10.3 Å². The molecule has 5 heteroatoms. The van der Waals surface area contributed by atoms with Crippen LogP contribution in [-0.4, -0.2) is 17.0 Å². The summed E-state index contributed by atoms with van der Waals surface area (Å²) >= 11 is 7.53. The number of nitrogens with one attached hydrogen (secondary N) is 1. The number of anilines is 1. The third-order valence-corrected chi connectivity index (χ3v) is 4.69. The Morgan fingerprint density at radius 1 is 1.16 bits per heavy atom. The minimum Gasteiger partial charge on any atom is -0.373 e. The molecule has 2 aromatic heterocycles. The van der Waals surface area contributed by atoms with Crippen LogP contribution in [0.1, 0.15) is 30.5 Å². The molecule has 3 rings (SSSR count). The molecule has 0 aliphatic heterocycles. The number of hydrogen-bond acceptors (Lipinski definition) is 4. The highest BCUT2D eigenvalue weighted by Gasteiger charge is 2.17. The second kappa shape index (κ2) is 5.47. The van der Waals surface area contributed by atoms with Crippen LogP contribution in [0.5, 0.6) is 0 Å². The van der Waals surface area contributed by atoms with Crippen LogP contribution < -0.4 is 5.32 Å². The molecule has 2 aromatic rings. The summed E-state index contributed by atoms with van der Waals surface area (Å²) in [6.45, 7) is 0. The predicted octanol–water partition coefficient (Wildman–Crippen LogP) is 4.17. The predicted molar refractivity (Wildman–Crippen MR) is 81.2 cm³/mol. The van der Waals surface area contributed by atoms with Crippen molar-refractivity contribution in [1.29, 1.82) is 0 Å².